The van der Waals surface area contributed by atoms with Gasteiger partial charge in [-0.3, -0.25) is 9.59 Å². The van der Waals surface area contributed by atoms with Gasteiger partial charge in [0.1, 0.15) is 5.69 Å². The first-order chi connectivity index (χ1) is 17.3. The molecule has 1 aliphatic heterocycles. The molecule has 9 nitrogen and oxygen atoms in total. The normalized spacial score (nSPS) is 13.6. The van der Waals surface area contributed by atoms with Crippen molar-refractivity contribution in [3.05, 3.63) is 83.7 Å². The number of esters is 1. The molecule has 0 radical (unpaired) electrons. The number of ether oxygens (including phenoxy) is 1. The van der Waals surface area contributed by atoms with Crippen LogP contribution in [0, 0.1) is 0 Å². The molecule has 0 unspecified atom stereocenters. The topological polar surface area (TPSA) is 104 Å². The zero-order chi connectivity index (χ0) is 25.8. The molecule has 0 atom stereocenters. The van der Waals surface area contributed by atoms with Gasteiger partial charge in [0.25, 0.3) is 5.91 Å². The van der Waals surface area contributed by atoms with Gasteiger partial charge < -0.3 is 25.2 Å². The molecule has 9 heteroatoms. The summed E-state index contributed by atoms with van der Waals surface area (Å²) >= 11 is 0. The number of amides is 2. The van der Waals surface area contributed by atoms with Crippen LogP contribution in [-0.4, -0.2) is 62.5 Å². The van der Waals surface area contributed by atoms with Crippen LogP contribution in [0.15, 0.2) is 66.9 Å². The van der Waals surface area contributed by atoms with Gasteiger partial charge in [0.15, 0.2) is 0 Å². The van der Waals surface area contributed by atoms with Crippen LogP contribution >= 0.6 is 0 Å². The molecule has 1 aliphatic rings. The largest absolute Gasteiger partial charge is 0.464 e. The van der Waals surface area contributed by atoms with E-state index in [1.54, 1.807) is 11.9 Å². The minimum atomic E-state index is -0.583. The SMILES string of the molecule is COC(=O)c1cc2c(cn1)/C(=C(\Nc1ccc(N(C)C(=O)CN(C)C)cc1)c1ccccc1)C(=O)N2. The highest BCUT2D eigenvalue weighted by Crippen LogP contribution is 2.37. The Kier molecular flexibility index (Phi) is 7.12. The Hall–Kier alpha value is -4.50. The Labute approximate surface area is 209 Å². The number of hydrogen-bond acceptors (Lipinski definition) is 7. The molecule has 184 valence electrons. The lowest BCUT2D eigenvalue weighted by molar-refractivity contribution is -0.119. The molecule has 2 N–H and O–H groups in total. The Morgan fingerprint density at radius 2 is 1.72 bits per heavy atom. The van der Waals surface area contributed by atoms with E-state index in [1.807, 2.05) is 73.6 Å². The molecule has 2 heterocycles. The molecule has 36 heavy (non-hydrogen) atoms. The van der Waals surface area contributed by atoms with E-state index < -0.39 is 5.97 Å². The fraction of sp³-hybridized carbons (Fsp3) is 0.185. The third-order valence-corrected chi connectivity index (χ3v) is 5.71. The first-order valence-corrected chi connectivity index (χ1v) is 11.3. The molecule has 0 saturated carbocycles. The van der Waals surface area contributed by atoms with Crippen LogP contribution in [0.5, 0.6) is 0 Å². The van der Waals surface area contributed by atoms with Crippen molar-refractivity contribution in [2.24, 2.45) is 0 Å². The Bertz CT molecular complexity index is 1330. The number of hydrogen-bond donors (Lipinski definition) is 2. The van der Waals surface area contributed by atoms with Crippen molar-refractivity contribution in [1.29, 1.82) is 0 Å². The Morgan fingerprint density at radius 3 is 2.36 bits per heavy atom. The summed E-state index contributed by atoms with van der Waals surface area (Å²) < 4.78 is 4.74. The van der Waals surface area contributed by atoms with Gasteiger partial charge in [-0.2, -0.15) is 0 Å². The summed E-state index contributed by atoms with van der Waals surface area (Å²) in [4.78, 5) is 45.0. The van der Waals surface area contributed by atoms with Crippen LogP contribution in [-0.2, 0) is 14.3 Å². The summed E-state index contributed by atoms with van der Waals surface area (Å²) in [6.45, 7) is 0.307. The van der Waals surface area contributed by atoms with Gasteiger partial charge in [0, 0.05) is 30.2 Å². The van der Waals surface area contributed by atoms with Gasteiger partial charge in [-0.15, -0.1) is 0 Å². The van der Waals surface area contributed by atoms with Crippen LogP contribution in [0.4, 0.5) is 17.1 Å². The Morgan fingerprint density at radius 1 is 1.03 bits per heavy atom. The zero-order valence-corrected chi connectivity index (χ0v) is 20.5. The van der Waals surface area contributed by atoms with Crippen molar-refractivity contribution >= 4 is 46.1 Å². The molecule has 2 amide bonds. The smallest absolute Gasteiger partial charge is 0.356 e. The number of methoxy groups -OCH3 is 1. The van der Waals surface area contributed by atoms with Gasteiger partial charge in [0.05, 0.1) is 30.6 Å². The highest BCUT2D eigenvalue weighted by atomic mass is 16.5. The van der Waals surface area contributed by atoms with Crippen LogP contribution in [0.2, 0.25) is 0 Å². The molecular weight excluding hydrogens is 458 g/mol. The van der Waals surface area contributed by atoms with Crippen molar-refractivity contribution in [2.45, 2.75) is 0 Å². The number of rotatable bonds is 7. The third kappa shape index (κ3) is 5.11. The second-order valence-electron chi connectivity index (χ2n) is 8.54. The maximum Gasteiger partial charge on any atom is 0.356 e. The first kappa shape index (κ1) is 24.6. The molecule has 0 saturated heterocycles. The predicted octanol–water partition coefficient (Wildman–Crippen LogP) is 3.33. The van der Waals surface area contributed by atoms with Gasteiger partial charge in [0.2, 0.25) is 5.91 Å². The van der Waals surface area contributed by atoms with E-state index in [0.717, 1.165) is 16.9 Å². The number of likely N-dealkylation sites (N-methyl/N-ethyl adjacent to an activating group) is 2. The second-order valence-corrected chi connectivity index (χ2v) is 8.54. The highest BCUT2D eigenvalue weighted by molar-refractivity contribution is 6.37. The number of fused-ring (bicyclic) bond motifs is 1. The highest BCUT2D eigenvalue weighted by Gasteiger charge is 2.30. The minimum absolute atomic E-state index is 0.0224. The fourth-order valence-electron chi connectivity index (χ4n) is 3.85. The van der Waals surface area contributed by atoms with Gasteiger partial charge in [-0.25, -0.2) is 9.78 Å². The van der Waals surface area contributed by atoms with Crippen molar-refractivity contribution in [1.82, 2.24) is 9.88 Å². The van der Waals surface area contributed by atoms with E-state index in [1.165, 1.54) is 19.4 Å². The number of nitrogens with zero attached hydrogens (tertiary/aromatic N) is 3. The van der Waals surface area contributed by atoms with E-state index in [9.17, 15) is 14.4 Å². The number of benzene rings is 2. The second kappa shape index (κ2) is 10.4. The summed E-state index contributed by atoms with van der Waals surface area (Å²) in [5.41, 5.74) is 4.45. The molecule has 2 aromatic carbocycles. The molecule has 1 aromatic heterocycles. The number of carbonyl (C=O) groups is 3. The van der Waals surface area contributed by atoms with Crippen molar-refractivity contribution in [3.63, 3.8) is 0 Å². The number of aromatic nitrogens is 1. The molecule has 0 fully saturated rings. The van der Waals surface area contributed by atoms with E-state index >= 15 is 0 Å². The Balaban J connectivity index is 1.71. The van der Waals surface area contributed by atoms with Crippen LogP contribution in [0.1, 0.15) is 21.6 Å². The summed E-state index contributed by atoms with van der Waals surface area (Å²) in [5.74, 6) is -0.920. The monoisotopic (exact) mass is 485 g/mol. The van der Waals surface area contributed by atoms with E-state index in [2.05, 4.69) is 15.6 Å². The van der Waals surface area contributed by atoms with Crippen molar-refractivity contribution < 1.29 is 19.1 Å². The van der Waals surface area contributed by atoms with E-state index in [-0.39, 0.29) is 17.5 Å². The quantitative estimate of drug-likeness (QED) is 0.391. The average molecular weight is 486 g/mol. The van der Waals surface area contributed by atoms with Gasteiger partial charge in [-0.05, 0) is 50.0 Å². The predicted molar refractivity (Wildman–Crippen MR) is 139 cm³/mol. The van der Waals surface area contributed by atoms with Crippen molar-refractivity contribution in [2.75, 3.05) is 50.3 Å². The number of carbonyl (C=O) groups excluding carboxylic acids is 3. The van der Waals surface area contributed by atoms with Crippen LogP contribution < -0.4 is 15.5 Å². The number of nitrogens with one attached hydrogen (secondary N) is 2. The third-order valence-electron chi connectivity index (χ3n) is 5.71. The van der Waals surface area contributed by atoms with Crippen molar-refractivity contribution in [3.8, 4) is 0 Å². The van der Waals surface area contributed by atoms with E-state index in [4.69, 9.17) is 4.74 Å². The molecule has 0 bridgehead atoms. The molecule has 0 aliphatic carbocycles. The lowest BCUT2D eigenvalue weighted by Gasteiger charge is -2.20. The average Bonchev–Trinajstić information content (AvgIpc) is 3.21. The maximum absolute atomic E-state index is 13.1. The lowest BCUT2D eigenvalue weighted by atomic mass is 10.0. The fourth-order valence-corrected chi connectivity index (χ4v) is 3.85. The minimum Gasteiger partial charge on any atom is -0.464 e. The molecule has 0 spiro atoms. The molecule has 3 aromatic rings. The van der Waals surface area contributed by atoms with Crippen LogP contribution in [0.25, 0.3) is 11.3 Å². The molecule has 4 rings (SSSR count). The maximum atomic E-state index is 13.1. The standard InChI is InChI=1S/C27H27N5O4/c1-31(2)16-23(33)32(3)19-12-10-18(11-13-19)29-25(17-8-6-5-7-9-17)24-20-15-28-22(27(35)36-4)14-21(20)30-26(24)34/h5-15,29H,16H2,1-4H3,(H,30,34)/b25-24+. The number of pyridine rings is 1. The number of anilines is 3. The molecular formula is C27H27N5O4. The lowest BCUT2D eigenvalue weighted by Crippen LogP contribution is -2.34. The summed E-state index contributed by atoms with van der Waals surface area (Å²) in [7, 11) is 6.71. The van der Waals surface area contributed by atoms with Gasteiger partial charge in [-0.1, -0.05) is 30.3 Å². The first-order valence-electron chi connectivity index (χ1n) is 11.3. The summed E-state index contributed by atoms with van der Waals surface area (Å²) in [5, 5.41) is 6.19. The summed E-state index contributed by atoms with van der Waals surface area (Å²) in [6, 6.07) is 18.4. The van der Waals surface area contributed by atoms with E-state index in [0.29, 0.717) is 29.1 Å². The summed E-state index contributed by atoms with van der Waals surface area (Å²) in [6.07, 6.45) is 1.49. The van der Waals surface area contributed by atoms with Crippen LogP contribution in [0.3, 0.4) is 0 Å². The zero-order valence-electron chi connectivity index (χ0n) is 20.5. The van der Waals surface area contributed by atoms with Gasteiger partial charge >= 0.3 is 5.97 Å².